The summed E-state index contributed by atoms with van der Waals surface area (Å²) in [4.78, 5) is 16.6. The van der Waals surface area contributed by atoms with Gasteiger partial charge in [0.05, 0.1) is 12.6 Å². The van der Waals surface area contributed by atoms with Crippen LogP contribution >= 0.6 is 0 Å². The first-order chi connectivity index (χ1) is 12.4. The minimum Gasteiger partial charge on any atom is -0.494 e. The van der Waals surface area contributed by atoms with E-state index in [9.17, 15) is 4.79 Å². The minimum atomic E-state index is -0.0789. The van der Waals surface area contributed by atoms with Gasteiger partial charge in [0.1, 0.15) is 5.75 Å². The Morgan fingerprint density at radius 1 is 1.00 bits per heavy atom. The van der Waals surface area contributed by atoms with Crippen molar-refractivity contribution < 1.29 is 9.53 Å². The Morgan fingerprint density at radius 2 is 1.62 bits per heavy atom. The van der Waals surface area contributed by atoms with Gasteiger partial charge in [-0.25, -0.2) is 0 Å². The van der Waals surface area contributed by atoms with Gasteiger partial charge in [-0.2, -0.15) is 0 Å². The lowest BCUT2D eigenvalue weighted by atomic mass is 10.0. The van der Waals surface area contributed by atoms with E-state index in [2.05, 4.69) is 39.4 Å². The lowest BCUT2D eigenvalue weighted by molar-refractivity contribution is 0.0942. The number of benzene rings is 2. The third kappa shape index (κ3) is 5.23. The molecule has 0 aromatic heterocycles. The van der Waals surface area contributed by atoms with Gasteiger partial charge in [0.15, 0.2) is 0 Å². The molecule has 26 heavy (non-hydrogen) atoms. The van der Waals surface area contributed by atoms with Crippen LogP contribution < -0.4 is 15.0 Å². The minimum absolute atomic E-state index is 0.0789. The highest BCUT2D eigenvalue weighted by molar-refractivity contribution is 5.94. The molecule has 0 spiro atoms. The normalized spacial score (nSPS) is 11.9. The number of ether oxygens (including phenoxy) is 1. The van der Waals surface area contributed by atoms with Crippen LogP contribution in [0.5, 0.6) is 5.75 Å². The molecule has 0 radical (unpaired) electrons. The number of anilines is 1. The fourth-order valence-corrected chi connectivity index (χ4v) is 2.75. The second-order valence-electron chi connectivity index (χ2n) is 6.63. The Morgan fingerprint density at radius 3 is 2.12 bits per heavy atom. The Hall–Kier alpha value is -2.53. The highest BCUT2D eigenvalue weighted by atomic mass is 16.5. The number of amides is 1. The highest BCUT2D eigenvalue weighted by Crippen LogP contribution is 2.21. The molecule has 5 nitrogen and oxygen atoms in total. The van der Waals surface area contributed by atoms with E-state index in [1.165, 1.54) is 5.56 Å². The lowest BCUT2D eigenvalue weighted by Crippen LogP contribution is -2.34. The number of carbonyl (C=O) groups excluding carboxylic acids is 1. The van der Waals surface area contributed by atoms with E-state index < -0.39 is 0 Å². The summed E-state index contributed by atoms with van der Waals surface area (Å²) in [6.45, 7) is 3.09. The first kappa shape index (κ1) is 19.8. The van der Waals surface area contributed by atoms with Crippen LogP contribution in [0, 0.1) is 0 Å². The van der Waals surface area contributed by atoms with Crippen LogP contribution in [0.2, 0.25) is 0 Å². The maximum Gasteiger partial charge on any atom is 0.251 e. The van der Waals surface area contributed by atoms with Crippen molar-refractivity contribution in [3.8, 4) is 5.75 Å². The van der Waals surface area contributed by atoms with Crippen molar-refractivity contribution in [1.82, 2.24) is 10.2 Å². The van der Waals surface area contributed by atoms with Gasteiger partial charge in [-0.15, -0.1) is 0 Å². The molecule has 0 aliphatic rings. The van der Waals surface area contributed by atoms with Crippen molar-refractivity contribution in [2.45, 2.75) is 13.0 Å². The maximum atomic E-state index is 12.4. The van der Waals surface area contributed by atoms with Gasteiger partial charge in [-0.05, 0) is 63.0 Å². The molecule has 0 saturated heterocycles. The van der Waals surface area contributed by atoms with Gasteiger partial charge in [-0.1, -0.05) is 12.1 Å². The second-order valence-corrected chi connectivity index (χ2v) is 6.63. The second kappa shape index (κ2) is 9.25. The molecule has 1 amide bonds. The number of carbonyl (C=O) groups is 1. The summed E-state index contributed by atoms with van der Waals surface area (Å²) >= 11 is 0. The van der Waals surface area contributed by atoms with E-state index in [0.29, 0.717) is 18.7 Å². The average Bonchev–Trinajstić information content (AvgIpc) is 2.62. The third-order valence-electron chi connectivity index (χ3n) is 4.30. The Labute approximate surface area is 156 Å². The molecule has 2 rings (SSSR count). The predicted octanol–water partition coefficient (Wildman–Crippen LogP) is 3.18. The zero-order valence-corrected chi connectivity index (χ0v) is 16.3. The molecule has 0 unspecified atom stereocenters. The lowest BCUT2D eigenvalue weighted by Gasteiger charge is -2.26. The summed E-state index contributed by atoms with van der Waals surface area (Å²) in [6, 6.07) is 15.8. The van der Waals surface area contributed by atoms with Crippen LogP contribution in [0.15, 0.2) is 48.5 Å². The van der Waals surface area contributed by atoms with Crippen LogP contribution in [0.3, 0.4) is 0 Å². The number of hydrogen-bond acceptors (Lipinski definition) is 4. The number of likely N-dealkylation sites (N-methyl/N-ethyl adjacent to an activating group) is 1. The van der Waals surface area contributed by atoms with E-state index in [1.807, 2.05) is 47.2 Å². The molecule has 140 valence electrons. The largest absolute Gasteiger partial charge is 0.494 e. The molecule has 2 aromatic carbocycles. The first-order valence-electron chi connectivity index (χ1n) is 8.87. The molecule has 0 bridgehead atoms. The molecule has 1 N–H and O–H groups in total. The summed E-state index contributed by atoms with van der Waals surface area (Å²) in [6.07, 6.45) is 0. The van der Waals surface area contributed by atoms with Crippen molar-refractivity contribution in [3.05, 3.63) is 59.7 Å². The summed E-state index contributed by atoms with van der Waals surface area (Å²) in [5.74, 6) is 0.695. The average molecular weight is 355 g/mol. The summed E-state index contributed by atoms with van der Waals surface area (Å²) in [7, 11) is 8.09. The van der Waals surface area contributed by atoms with Gasteiger partial charge in [0, 0.05) is 31.9 Å². The predicted molar refractivity (Wildman–Crippen MR) is 107 cm³/mol. The highest BCUT2D eigenvalue weighted by Gasteiger charge is 2.16. The Bertz CT molecular complexity index is 694. The molecule has 0 saturated carbocycles. The molecule has 0 aliphatic heterocycles. The number of nitrogens with one attached hydrogen (secondary N) is 1. The SMILES string of the molecule is CCOc1ccc(C(=O)NC[C@H](c2ccc(N(C)C)cc2)N(C)C)cc1. The van der Waals surface area contributed by atoms with Gasteiger partial charge in [0.2, 0.25) is 0 Å². The number of nitrogens with zero attached hydrogens (tertiary/aromatic N) is 2. The zero-order valence-electron chi connectivity index (χ0n) is 16.3. The van der Waals surface area contributed by atoms with Crippen LogP contribution in [0.25, 0.3) is 0 Å². The van der Waals surface area contributed by atoms with E-state index in [1.54, 1.807) is 12.1 Å². The van der Waals surface area contributed by atoms with Crippen molar-refractivity contribution in [2.24, 2.45) is 0 Å². The quantitative estimate of drug-likeness (QED) is 0.790. The van der Waals surface area contributed by atoms with Crippen LogP contribution in [0.4, 0.5) is 5.69 Å². The van der Waals surface area contributed by atoms with Gasteiger partial charge in [-0.3, -0.25) is 4.79 Å². The first-order valence-corrected chi connectivity index (χ1v) is 8.87. The Kier molecular flexibility index (Phi) is 7.04. The summed E-state index contributed by atoms with van der Waals surface area (Å²) in [5, 5.41) is 3.04. The topological polar surface area (TPSA) is 44.8 Å². The van der Waals surface area contributed by atoms with Crippen molar-refractivity contribution >= 4 is 11.6 Å². The maximum absolute atomic E-state index is 12.4. The van der Waals surface area contributed by atoms with E-state index in [4.69, 9.17) is 4.74 Å². The number of hydrogen-bond donors (Lipinski definition) is 1. The van der Waals surface area contributed by atoms with Gasteiger partial charge in [0.25, 0.3) is 5.91 Å². The fraction of sp³-hybridized carbons (Fsp3) is 0.381. The van der Waals surface area contributed by atoms with E-state index in [0.717, 1.165) is 11.4 Å². The molecule has 0 aliphatic carbocycles. The zero-order chi connectivity index (χ0) is 19.1. The molecule has 2 aromatic rings. The molecular weight excluding hydrogens is 326 g/mol. The van der Waals surface area contributed by atoms with E-state index >= 15 is 0 Å². The molecule has 1 atom stereocenters. The van der Waals surface area contributed by atoms with E-state index in [-0.39, 0.29) is 11.9 Å². The summed E-state index contributed by atoms with van der Waals surface area (Å²) in [5.41, 5.74) is 2.96. The van der Waals surface area contributed by atoms with Crippen molar-refractivity contribution in [3.63, 3.8) is 0 Å². The van der Waals surface area contributed by atoms with Crippen molar-refractivity contribution in [1.29, 1.82) is 0 Å². The monoisotopic (exact) mass is 355 g/mol. The molecule has 0 fully saturated rings. The summed E-state index contributed by atoms with van der Waals surface area (Å²) < 4.78 is 5.41. The molecule has 5 heteroatoms. The van der Waals surface area contributed by atoms with Crippen molar-refractivity contribution in [2.75, 3.05) is 46.2 Å². The standard InChI is InChI=1S/C21H29N3O2/c1-6-26-19-13-9-17(10-14-19)21(25)22-15-20(24(4)5)16-7-11-18(12-8-16)23(2)3/h7-14,20H,6,15H2,1-5H3,(H,22,25)/t20-/m1/s1. The van der Waals surface area contributed by atoms with Crippen LogP contribution in [-0.2, 0) is 0 Å². The van der Waals surface area contributed by atoms with Gasteiger partial charge >= 0.3 is 0 Å². The van der Waals surface area contributed by atoms with Crippen LogP contribution in [0.1, 0.15) is 28.9 Å². The number of rotatable bonds is 8. The smallest absolute Gasteiger partial charge is 0.251 e. The molecular formula is C21H29N3O2. The Balaban J connectivity index is 2.02. The molecule has 0 heterocycles. The van der Waals surface area contributed by atoms with Gasteiger partial charge < -0.3 is 19.9 Å². The fourth-order valence-electron chi connectivity index (χ4n) is 2.75. The third-order valence-corrected chi connectivity index (χ3v) is 4.30. The van der Waals surface area contributed by atoms with Crippen LogP contribution in [-0.4, -0.2) is 52.1 Å².